The molecule has 0 aliphatic heterocycles. The van der Waals surface area contributed by atoms with E-state index in [1.54, 1.807) is 13.8 Å². The Morgan fingerprint density at radius 1 is 1.00 bits per heavy atom. The average molecular weight is 389 g/mol. The minimum Gasteiger partial charge on any atom is -0.493 e. The molecule has 0 bridgehead atoms. The molecule has 0 N–H and O–H groups in total. The fourth-order valence-electron chi connectivity index (χ4n) is 2.33. The lowest BCUT2D eigenvalue weighted by Crippen LogP contribution is -2.12. The summed E-state index contributed by atoms with van der Waals surface area (Å²) in [7, 11) is 1.34. The van der Waals surface area contributed by atoms with Gasteiger partial charge in [0.15, 0.2) is 11.5 Å². The Morgan fingerprint density at radius 2 is 1.68 bits per heavy atom. The maximum absolute atomic E-state index is 12.5. The van der Waals surface area contributed by atoms with E-state index in [4.69, 9.17) is 18.9 Å². The second kappa shape index (κ2) is 9.36. The number of esters is 2. The van der Waals surface area contributed by atoms with Gasteiger partial charge in [-0.05, 0) is 38.1 Å². The normalized spacial score (nSPS) is 10.1. The third-order valence-corrected chi connectivity index (χ3v) is 3.57. The third-order valence-electron chi connectivity index (χ3n) is 3.57. The minimum absolute atomic E-state index is 0.112. The molecule has 9 nitrogen and oxygen atoms in total. The first-order chi connectivity index (χ1) is 13.4. The molecule has 0 fully saturated rings. The highest BCUT2D eigenvalue weighted by molar-refractivity contribution is 5.96. The van der Waals surface area contributed by atoms with Gasteiger partial charge in [-0.1, -0.05) is 0 Å². The Hall–Kier alpha value is -3.62. The molecule has 0 saturated heterocycles. The zero-order valence-electron chi connectivity index (χ0n) is 15.6. The van der Waals surface area contributed by atoms with Gasteiger partial charge in [-0.2, -0.15) is 0 Å². The maximum atomic E-state index is 12.5. The number of rotatable bonds is 8. The highest BCUT2D eigenvalue weighted by Crippen LogP contribution is 2.35. The van der Waals surface area contributed by atoms with E-state index in [1.807, 2.05) is 0 Å². The molecule has 2 aromatic rings. The van der Waals surface area contributed by atoms with E-state index < -0.39 is 22.5 Å². The predicted molar refractivity (Wildman–Crippen MR) is 98.2 cm³/mol. The second-order valence-electron chi connectivity index (χ2n) is 5.34. The van der Waals surface area contributed by atoms with Crippen molar-refractivity contribution in [1.29, 1.82) is 0 Å². The molecule has 0 saturated carbocycles. The van der Waals surface area contributed by atoms with E-state index in [9.17, 15) is 19.7 Å². The smallest absolute Gasteiger partial charge is 0.350 e. The summed E-state index contributed by atoms with van der Waals surface area (Å²) in [5.74, 6) is -1.03. The Balaban J connectivity index is 2.31. The standard InChI is InChI=1S/C19H19NO8/c1-4-26-17-10-14(15(20(23)24)11-16(17)25-3)19(22)28-13-8-6-12(7-9-13)18(21)27-5-2/h6-11H,4-5H2,1-3H3. The summed E-state index contributed by atoms with van der Waals surface area (Å²) in [6.45, 7) is 3.92. The molecule has 0 aliphatic carbocycles. The van der Waals surface area contributed by atoms with Crippen LogP contribution in [0.25, 0.3) is 0 Å². The molecule has 9 heteroatoms. The van der Waals surface area contributed by atoms with E-state index in [2.05, 4.69) is 0 Å². The van der Waals surface area contributed by atoms with Crippen molar-refractivity contribution in [3.8, 4) is 17.2 Å². The van der Waals surface area contributed by atoms with Crippen LogP contribution in [0, 0.1) is 10.1 Å². The Labute approximate surface area is 160 Å². The van der Waals surface area contributed by atoms with Crippen molar-refractivity contribution in [3.05, 3.63) is 57.6 Å². The van der Waals surface area contributed by atoms with Gasteiger partial charge in [0.1, 0.15) is 11.3 Å². The van der Waals surface area contributed by atoms with E-state index in [0.29, 0.717) is 0 Å². The number of methoxy groups -OCH3 is 1. The van der Waals surface area contributed by atoms with Crippen LogP contribution in [-0.2, 0) is 4.74 Å². The zero-order valence-corrected chi connectivity index (χ0v) is 15.6. The number of hydrogen-bond donors (Lipinski definition) is 0. The minimum atomic E-state index is -0.945. The topological polar surface area (TPSA) is 114 Å². The number of nitro groups is 1. The number of benzene rings is 2. The van der Waals surface area contributed by atoms with Crippen molar-refractivity contribution in [1.82, 2.24) is 0 Å². The summed E-state index contributed by atoms with van der Waals surface area (Å²) in [4.78, 5) is 34.8. The maximum Gasteiger partial charge on any atom is 0.350 e. The van der Waals surface area contributed by atoms with Crippen LogP contribution >= 0.6 is 0 Å². The van der Waals surface area contributed by atoms with Crippen molar-refractivity contribution < 1.29 is 33.5 Å². The molecular formula is C19H19NO8. The van der Waals surface area contributed by atoms with Crippen LogP contribution in [0.1, 0.15) is 34.6 Å². The first kappa shape index (κ1) is 20.7. The van der Waals surface area contributed by atoms with Crippen LogP contribution in [0.15, 0.2) is 36.4 Å². The molecule has 0 radical (unpaired) electrons. The molecule has 0 heterocycles. The highest BCUT2D eigenvalue weighted by Gasteiger charge is 2.26. The van der Waals surface area contributed by atoms with E-state index >= 15 is 0 Å². The van der Waals surface area contributed by atoms with Crippen molar-refractivity contribution >= 4 is 17.6 Å². The van der Waals surface area contributed by atoms with E-state index in [0.717, 1.165) is 6.07 Å². The van der Waals surface area contributed by atoms with Crippen molar-refractivity contribution in [3.63, 3.8) is 0 Å². The van der Waals surface area contributed by atoms with Crippen LogP contribution in [0.2, 0.25) is 0 Å². The molecule has 2 aromatic carbocycles. The van der Waals surface area contributed by atoms with Crippen LogP contribution < -0.4 is 14.2 Å². The number of nitrogens with zero attached hydrogens (tertiary/aromatic N) is 1. The number of nitro benzene ring substituents is 1. The molecule has 0 amide bonds. The van der Waals surface area contributed by atoms with Crippen molar-refractivity contribution in [2.75, 3.05) is 20.3 Å². The van der Waals surface area contributed by atoms with Crippen molar-refractivity contribution in [2.24, 2.45) is 0 Å². The van der Waals surface area contributed by atoms with Gasteiger partial charge in [0.25, 0.3) is 5.69 Å². The zero-order chi connectivity index (χ0) is 20.7. The third kappa shape index (κ3) is 4.76. The molecule has 0 aliphatic rings. The Kier molecular flexibility index (Phi) is 6.91. The molecular weight excluding hydrogens is 370 g/mol. The highest BCUT2D eigenvalue weighted by atomic mass is 16.6. The monoisotopic (exact) mass is 389 g/mol. The van der Waals surface area contributed by atoms with Gasteiger partial charge in [0.2, 0.25) is 0 Å². The van der Waals surface area contributed by atoms with Gasteiger partial charge in [-0.25, -0.2) is 9.59 Å². The van der Waals surface area contributed by atoms with Gasteiger partial charge < -0.3 is 18.9 Å². The van der Waals surface area contributed by atoms with Gasteiger partial charge >= 0.3 is 11.9 Å². The van der Waals surface area contributed by atoms with Gasteiger partial charge in [-0.3, -0.25) is 10.1 Å². The summed E-state index contributed by atoms with van der Waals surface area (Å²) in [5.41, 5.74) is -0.479. The SMILES string of the molecule is CCOC(=O)c1ccc(OC(=O)c2cc(OCC)c(OC)cc2[N+](=O)[O-])cc1. The lowest BCUT2D eigenvalue weighted by atomic mass is 10.1. The summed E-state index contributed by atoms with van der Waals surface area (Å²) in [5, 5.41) is 11.3. The Bertz CT molecular complexity index is 876. The second-order valence-corrected chi connectivity index (χ2v) is 5.34. The van der Waals surface area contributed by atoms with Gasteiger partial charge in [0, 0.05) is 6.07 Å². The van der Waals surface area contributed by atoms with Crippen LogP contribution in [-0.4, -0.2) is 37.2 Å². The molecule has 0 unspecified atom stereocenters. The van der Waals surface area contributed by atoms with E-state index in [1.165, 1.54) is 37.4 Å². The molecule has 0 atom stereocenters. The quantitative estimate of drug-likeness (QED) is 0.292. The largest absolute Gasteiger partial charge is 0.493 e. The van der Waals surface area contributed by atoms with Crippen LogP contribution in [0.3, 0.4) is 0 Å². The van der Waals surface area contributed by atoms with Crippen molar-refractivity contribution in [2.45, 2.75) is 13.8 Å². The number of carbonyl (C=O) groups excluding carboxylic acids is 2. The average Bonchev–Trinajstić information content (AvgIpc) is 2.68. The number of hydrogen-bond acceptors (Lipinski definition) is 8. The first-order valence-corrected chi connectivity index (χ1v) is 8.39. The lowest BCUT2D eigenvalue weighted by Gasteiger charge is -2.11. The molecule has 0 spiro atoms. The predicted octanol–water partition coefficient (Wildman–Crippen LogP) is 3.40. The number of carbonyl (C=O) groups is 2. The molecule has 28 heavy (non-hydrogen) atoms. The Morgan fingerprint density at radius 3 is 2.21 bits per heavy atom. The fraction of sp³-hybridized carbons (Fsp3) is 0.263. The number of ether oxygens (including phenoxy) is 4. The van der Waals surface area contributed by atoms with Gasteiger partial charge in [0.05, 0.1) is 36.9 Å². The summed E-state index contributed by atoms with van der Waals surface area (Å²) < 4.78 is 20.5. The molecule has 148 valence electrons. The lowest BCUT2D eigenvalue weighted by molar-refractivity contribution is -0.385. The van der Waals surface area contributed by atoms with Crippen LogP contribution in [0.4, 0.5) is 5.69 Å². The molecule has 0 aromatic heterocycles. The first-order valence-electron chi connectivity index (χ1n) is 8.39. The fourth-order valence-corrected chi connectivity index (χ4v) is 2.33. The summed E-state index contributed by atoms with van der Waals surface area (Å²) in [6.07, 6.45) is 0. The van der Waals surface area contributed by atoms with Crippen LogP contribution in [0.5, 0.6) is 17.2 Å². The van der Waals surface area contributed by atoms with Gasteiger partial charge in [-0.15, -0.1) is 0 Å². The van der Waals surface area contributed by atoms with E-state index in [-0.39, 0.29) is 41.6 Å². The summed E-state index contributed by atoms with van der Waals surface area (Å²) >= 11 is 0. The summed E-state index contributed by atoms with van der Waals surface area (Å²) in [6, 6.07) is 7.94. The molecule has 2 rings (SSSR count).